The number of hydrogen-bond donors (Lipinski definition) is 8. The van der Waals surface area contributed by atoms with E-state index in [1.165, 1.54) is 20.8 Å². The summed E-state index contributed by atoms with van der Waals surface area (Å²) in [6.45, 7) is 3.74. The van der Waals surface area contributed by atoms with Crippen molar-refractivity contribution < 1.29 is 89.5 Å². The molecule has 2 rings (SSSR count). The van der Waals surface area contributed by atoms with Crippen molar-refractivity contribution in [1.29, 1.82) is 0 Å². The van der Waals surface area contributed by atoms with Gasteiger partial charge in [-0.05, 0) is 20.8 Å². The van der Waals surface area contributed by atoms with Crippen LogP contribution in [0.1, 0.15) is 20.8 Å². The number of aliphatic hydroxyl groups excluding tert-OH is 3. The van der Waals surface area contributed by atoms with Crippen LogP contribution in [-0.2, 0) is 58.6 Å². The Kier molecular flexibility index (Phi) is 10.9. The molecule has 10 atom stereocenters. The number of rotatable bonds is 11. The fourth-order valence-corrected chi connectivity index (χ4v) is 4.69. The van der Waals surface area contributed by atoms with Crippen LogP contribution in [0.25, 0.3) is 0 Å². The molecule has 38 heavy (non-hydrogen) atoms. The number of aliphatic carboxylic acids is 1. The first-order valence-corrected chi connectivity index (χ1v) is 13.3. The first kappa shape index (κ1) is 33.0. The number of carboxylic acid groups (broad SMARTS) is 1. The SMILES string of the molecule is CC(C)(C)O[C@H]1OC(COOO)[C@@H](O[C@@H]2OC(C(=O)O)[C@@H](O)[C@@H](O)C2OS(=O)(=O)O)[C@@H](O)C1NS(=O)(=O)O. The van der Waals surface area contributed by atoms with Gasteiger partial charge in [0.2, 0.25) is 0 Å². The Hall–Kier alpha value is -1.19. The number of carbonyl (C=O) groups is 1. The zero-order valence-electron chi connectivity index (χ0n) is 19.8. The fourth-order valence-electron chi connectivity index (χ4n) is 3.61. The third-order valence-corrected chi connectivity index (χ3v) is 6.06. The van der Waals surface area contributed by atoms with Crippen LogP contribution < -0.4 is 4.72 Å². The highest BCUT2D eigenvalue weighted by atomic mass is 32.3. The van der Waals surface area contributed by atoms with Crippen LogP contribution in [0.3, 0.4) is 0 Å². The summed E-state index contributed by atoms with van der Waals surface area (Å²) >= 11 is 0. The molecule has 8 N–H and O–H groups in total. The van der Waals surface area contributed by atoms with Crippen molar-refractivity contribution in [2.75, 3.05) is 6.61 Å². The molecule has 0 bridgehead atoms. The second kappa shape index (κ2) is 12.5. The van der Waals surface area contributed by atoms with Gasteiger partial charge in [0, 0.05) is 0 Å². The Labute approximate surface area is 215 Å². The summed E-state index contributed by atoms with van der Waals surface area (Å²) in [5, 5.41) is 52.6. The van der Waals surface area contributed by atoms with Crippen molar-refractivity contribution in [3.05, 3.63) is 0 Å². The van der Waals surface area contributed by atoms with Crippen molar-refractivity contribution >= 4 is 26.7 Å². The molecule has 0 aromatic rings. The van der Waals surface area contributed by atoms with Crippen molar-refractivity contribution in [2.24, 2.45) is 0 Å². The van der Waals surface area contributed by atoms with E-state index in [1.54, 1.807) is 4.72 Å². The van der Waals surface area contributed by atoms with E-state index < -0.39 is 100 Å². The first-order chi connectivity index (χ1) is 17.2. The minimum Gasteiger partial charge on any atom is -0.479 e. The zero-order valence-corrected chi connectivity index (χ0v) is 21.5. The van der Waals surface area contributed by atoms with Gasteiger partial charge in [0.1, 0.15) is 43.2 Å². The molecule has 0 aliphatic carbocycles. The minimum atomic E-state index is -5.39. The lowest BCUT2D eigenvalue weighted by Crippen LogP contribution is -2.68. The highest BCUT2D eigenvalue weighted by Crippen LogP contribution is 2.33. The van der Waals surface area contributed by atoms with E-state index in [1.807, 2.05) is 0 Å². The number of hydrogen-bond acceptors (Lipinski definition) is 16. The van der Waals surface area contributed by atoms with Crippen molar-refractivity contribution in [3.63, 3.8) is 0 Å². The maximum atomic E-state index is 11.6. The molecule has 2 fully saturated rings. The van der Waals surface area contributed by atoms with Gasteiger partial charge in [-0.25, -0.2) is 19.1 Å². The minimum absolute atomic E-state index is 0.815. The van der Waals surface area contributed by atoms with E-state index in [0.717, 1.165) is 0 Å². The van der Waals surface area contributed by atoms with E-state index in [-0.39, 0.29) is 0 Å². The van der Waals surface area contributed by atoms with Gasteiger partial charge in [-0.3, -0.25) is 9.11 Å². The second-order valence-corrected chi connectivity index (χ2v) is 11.3. The largest absolute Gasteiger partial charge is 0.479 e. The lowest BCUT2D eigenvalue weighted by molar-refractivity contribution is -0.499. The van der Waals surface area contributed by atoms with Crippen LogP contribution in [0.15, 0.2) is 0 Å². The van der Waals surface area contributed by atoms with Gasteiger partial charge in [0.25, 0.3) is 0 Å². The summed E-state index contributed by atoms with van der Waals surface area (Å²) < 4.78 is 91.6. The maximum absolute atomic E-state index is 11.6. The monoisotopic (exact) mass is 603 g/mol. The topological polar surface area (TPSA) is 304 Å². The normalized spacial score (nSPS) is 37.2. The van der Waals surface area contributed by atoms with E-state index >= 15 is 0 Å². The molecular weight excluding hydrogens is 574 g/mol. The Balaban J connectivity index is 2.50. The molecule has 0 spiro atoms. The summed E-state index contributed by atoms with van der Waals surface area (Å²) in [6.07, 6.45) is -19.0. The third kappa shape index (κ3) is 9.19. The van der Waals surface area contributed by atoms with Gasteiger partial charge in [0.15, 0.2) is 24.8 Å². The summed E-state index contributed by atoms with van der Waals surface area (Å²) in [5.41, 5.74) is -1.05. The Morgan fingerprint density at radius 3 is 2.03 bits per heavy atom. The van der Waals surface area contributed by atoms with Crippen molar-refractivity contribution in [3.8, 4) is 0 Å². The molecular formula is C16H29NO19S2. The molecule has 22 heteroatoms. The van der Waals surface area contributed by atoms with E-state index in [2.05, 4.69) is 14.1 Å². The van der Waals surface area contributed by atoms with Crippen LogP contribution in [0.4, 0.5) is 0 Å². The van der Waals surface area contributed by atoms with Crippen molar-refractivity contribution in [1.82, 2.24) is 4.72 Å². The molecule has 0 radical (unpaired) electrons. The smallest absolute Gasteiger partial charge is 0.397 e. The number of carboxylic acids is 1. The van der Waals surface area contributed by atoms with Crippen LogP contribution in [0, 0.1) is 0 Å². The predicted octanol–water partition coefficient (Wildman–Crippen LogP) is -3.83. The maximum Gasteiger partial charge on any atom is 0.397 e. The van der Waals surface area contributed by atoms with Gasteiger partial charge >= 0.3 is 26.7 Å². The molecule has 20 nitrogen and oxygen atoms in total. The van der Waals surface area contributed by atoms with Gasteiger partial charge in [-0.2, -0.15) is 21.6 Å². The third-order valence-electron chi connectivity index (χ3n) is 5.03. The highest BCUT2D eigenvalue weighted by molar-refractivity contribution is 7.83. The van der Waals surface area contributed by atoms with Crippen LogP contribution in [0.5, 0.6) is 0 Å². The first-order valence-electron chi connectivity index (χ1n) is 10.5. The van der Waals surface area contributed by atoms with Crippen molar-refractivity contribution in [2.45, 2.75) is 87.7 Å². The van der Waals surface area contributed by atoms with Gasteiger partial charge < -0.3 is 39.4 Å². The van der Waals surface area contributed by atoms with E-state index in [0.29, 0.717) is 0 Å². The van der Waals surface area contributed by atoms with Gasteiger partial charge in [0.05, 0.1) is 5.60 Å². The molecule has 0 aromatic heterocycles. The number of nitrogens with one attached hydrogen (secondary N) is 1. The average molecular weight is 604 g/mol. The molecule has 224 valence electrons. The molecule has 2 aliphatic heterocycles. The zero-order chi connectivity index (χ0) is 29.2. The molecule has 2 saturated heterocycles. The van der Waals surface area contributed by atoms with Crippen LogP contribution >= 0.6 is 0 Å². The number of aliphatic hydroxyl groups is 3. The van der Waals surface area contributed by atoms with Crippen LogP contribution in [-0.4, -0.2) is 131 Å². The standard InChI is InChI=1S/C16H29NO19S2/c1-16(2,3)34-14-6(17-37(24,25)26)7(18)10(5(31-14)4-30-36-23)32-15-12(35-38(27,28)29)9(20)8(19)11(33-15)13(21)22/h5-12,14-15,17-20,23H,4H2,1-3H3,(H,21,22)(H,24,25,26)(H,27,28,29)/t5?,6?,7-,8-,9+,10+,11?,12?,14+,15+/m0/s1. The Morgan fingerprint density at radius 1 is 0.947 bits per heavy atom. The second-order valence-electron chi connectivity index (χ2n) is 9.08. The summed E-state index contributed by atoms with van der Waals surface area (Å²) in [6, 6.07) is -1.86. The molecule has 2 aliphatic rings. The summed E-state index contributed by atoms with van der Waals surface area (Å²) in [7, 11) is -10.4. The van der Waals surface area contributed by atoms with Gasteiger partial charge in [-0.15, -0.1) is 0 Å². The number of ether oxygens (including phenoxy) is 4. The Bertz CT molecular complexity index is 1010. The Morgan fingerprint density at radius 2 is 1.55 bits per heavy atom. The molecule has 0 aromatic carbocycles. The van der Waals surface area contributed by atoms with E-state index in [4.69, 9.17) is 28.8 Å². The molecule has 0 amide bonds. The van der Waals surface area contributed by atoms with Gasteiger partial charge in [-0.1, -0.05) is 5.04 Å². The fraction of sp³-hybridized carbons (Fsp3) is 0.938. The average Bonchev–Trinajstić information content (AvgIpc) is 2.73. The molecule has 2 heterocycles. The van der Waals surface area contributed by atoms with Crippen LogP contribution in [0.2, 0.25) is 0 Å². The molecule has 0 saturated carbocycles. The summed E-state index contributed by atoms with van der Waals surface area (Å²) in [4.78, 5) is 15.8. The van der Waals surface area contributed by atoms with E-state index in [9.17, 15) is 46.6 Å². The quantitative estimate of drug-likeness (QED) is 0.0637. The summed E-state index contributed by atoms with van der Waals surface area (Å²) in [5.74, 6) is -1.85. The lowest BCUT2D eigenvalue weighted by Gasteiger charge is -2.47. The molecule has 4 unspecified atom stereocenters. The highest BCUT2D eigenvalue weighted by Gasteiger charge is 2.55. The predicted molar refractivity (Wildman–Crippen MR) is 113 cm³/mol. The lowest BCUT2D eigenvalue weighted by atomic mass is 9.95.